The van der Waals surface area contributed by atoms with Crippen LogP contribution >= 0.6 is 11.3 Å². The number of carbonyl (C=O) groups is 1. The number of hydrogen-bond donors (Lipinski definition) is 4. The van der Waals surface area contributed by atoms with Crippen LogP contribution in [0.1, 0.15) is 37.6 Å². The summed E-state index contributed by atoms with van der Waals surface area (Å²) in [7, 11) is 1.76. The Morgan fingerprint density at radius 1 is 1.27 bits per heavy atom. The molecule has 0 aliphatic rings. The van der Waals surface area contributed by atoms with Gasteiger partial charge in [-0.15, -0.1) is 10.2 Å². The number of amides is 1. The molecule has 1 heterocycles. The van der Waals surface area contributed by atoms with Crippen molar-refractivity contribution < 1.29 is 4.79 Å². The summed E-state index contributed by atoms with van der Waals surface area (Å²) in [5.74, 6) is 0.535. The van der Waals surface area contributed by atoms with Gasteiger partial charge in [-0.3, -0.25) is 4.79 Å². The second-order valence-electron chi connectivity index (χ2n) is 4.72. The van der Waals surface area contributed by atoms with Crippen LogP contribution in [0.25, 0.3) is 0 Å². The highest BCUT2D eigenvalue weighted by atomic mass is 32.1. The molecule has 1 aromatic rings. The smallest absolute Gasteiger partial charge is 0.225 e. The minimum Gasteiger partial charge on any atom is -0.402 e. The Morgan fingerprint density at radius 2 is 2.05 bits per heavy atom. The van der Waals surface area contributed by atoms with Crippen molar-refractivity contribution in [3.05, 3.63) is 28.7 Å². The van der Waals surface area contributed by atoms with E-state index in [0.717, 1.165) is 36.4 Å². The molecule has 0 radical (unpaired) electrons. The predicted molar refractivity (Wildman–Crippen MR) is 90.0 cm³/mol. The molecule has 0 saturated heterocycles. The Kier molecular flexibility index (Phi) is 7.98. The van der Waals surface area contributed by atoms with Crippen LogP contribution in [0.15, 0.2) is 23.7 Å². The van der Waals surface area contributed by atoms with E-state index >= 15 is 0 Å². The lowest BCUT2D eigenvalue weighted by Gasteiger charge is -2.00. The average molecular weight is 324 g/mol. The summed E-state index contributed by atoms with van der Waals surface area (Å²) in [5, 5.41) is 15.0. The van der Waals surface area contributed by atoms with Gasteiger partial charge in [-0.05, 0) is 31.4 Å². The number of hydrogen-bond acceptors (Lipinski definition) is 7. The molecule has 8 heteroatoms. The van der Waals surface area contributed by atoms with Crippen LogP contribution in [0.5, 0.6) is 0 Å². The van der Waals surface area contributed by atoms with Gasteiger partial charge in [0.1, 0.15) is 5.01 Å². The number of aromatic nitrogens is 2. The Bertz CT molecular complexity index is 537. The first-order valence-electron chi connectivity index (χ1n) is 7.27. The standard InChI is InChI=1S/C14H24N6OS/c1-3-12(21)18-14-20-19-13(22-14)7-5-4-6-10(15)8-9-11(16)17-2/h8-9,17H,3-7,15-16H2,1-2H3,(H,18,20,21)/b10-8-,11-9+. The normalized spacial score (nSPS) is 12.3. The van der Waals surface area contributed by atoms with Gasteiger partial charge >= 0.3 is 0 Å². The first-order chi connectivity index (χ1) is 10.5. The first-order valence-corrected chi connectivity index (χ1v) is 8.08. The van der Waals surface area contributed by atoms with Crippen molar-refractivity contribution in [2.24, 2.45) is 11.5 Å². The van der Waals surface area contributed by atoms with E-state index in [4.69, 9.17) is 11.5 Å². The van der Waals surface area contributed by atoms with Crippen LogP contribution in [-0.4, -0.2) is 23.2 Å². The number of unbranched alkanes of at least 4 members (excludes halogenated alkanes) is 1. The van der Waals surface area contributed by atoms with Crippen LogP contribution in [0.3, 0.4) is 0 Å². The van der Waals surface area contributed by atoms with Crippen molar-refractivity contribution in [1.82, 2.24) is 15.5 Å². The van der Waals surface area contributed by atoms with Gasteiger partial charge in [0.2, 0.25) is 11.0 Å². The van der Waals surface area contributed by atoms with Crippen LogP contribution in [0.4, 0.5) is 5.13 Å². The lowest BCUT2D eigenvalue weighted by Crippen LogP contribution is -2.14. The van der Waals surface area contributed by atoms with Crippen molar-refractivity contribution in [3.63, 3.8) is 0 Å². The van der Waals surface area contributed by atoms with E-state index in [1.807, 2.05) is 6.08 Å². The number of rotatable bonds is 9. The number of nitrogens with one attached hydrogen (secondary N) is 2. The van der Waals surface area contributed by atoms with Crippen LogP contribution in [-0.2, 0) is 11.2 Å². The number of anilines is 1. The minimum absolute atomic E-state index is 0.0468. The third-order valence-corrected chi connectivity index (χ3v) is 3.80. The molecule has 1 rings (SSSR count). The maximum Gasteiger partial charge on any atom is 0.225 e. The Balaban J connectivity index is 2.29. The highest BCUT2D eigenvalue weighted by molar-refractivity contribution is 7.15. The van der Waals surface area contributed by atoms with Crippen molar-refractivity contribution in [2.45, 2.75) is 39.0 Å². The lowest BCUT2D eigenvalue weighted by atomic mass is 10.1. The fraction of sp³-hybridized carbons (Fsp3) is 0.500. The molecule has 0 bridgehead atoms. The molecule has 0 saturated carbocycles. The summed E-state index contributed by atoms with van der Waals surface area (Å²) in [6, 6.07) is 0. The predicted octanol–water partition coefficient (Wildman–Crippen LogP) is 1.46. The third-order valence-electron chi connectivity index (χ3n) is 2.91. The zero-order chi connectivity index (χ0) is 16.4. The topological polar surface area (TPSA) is 119 Å². The second-order valence-corrected chi connectivity index (χ2v) is 5.79. The van der Waals surface area contributed by atoms with Gasteiger partial charge in [-0.2, -0.15) is 0 Å². The SMILES string of the molecule is CCC(=O)Nc1nnc(CCCC/C(N)=C/C=C(\N)NC)s1. The molecule has 7 nitrogen and oxygen atoms in total. The molecule has 0 aliphatic heterocycles. The van der Waals surface area contributed by atoms with Gasteiger partial charge in [0, 0.05) is 25.6 Å². The van der Waals surface area contributed by atoms with E-state index in [1.165, 1.54) is 11.3 Å². The van der Waals surface area contributed by atoms with Crippen molar-refractivity contribution in [2.75, 3.05) is 12.4 Å². The lowest BCUT2D eigenvalue weighted by molar-refractivity contribution is -0.115. The van der Waals surface area contributed by atoms with E-state index in [1.54, 1.807) is 20.0 Å². The monoisotopic (exact) mass is 324 g/mol. The largest absolute Gasteiger partial charge is 0.402 e. The molecular formula is C14H24N6OS. The van der Waals surface area contributed by atoms with Crippen LogP contribution in [0, 0.1) is 0 Å². The van der Waals surface area contributed by atoms with Crippen LogP contribution in [0.2, 0.25) is 0 Å². The molecule has 122 valence electrons. The minimum atomic E-state index is -0.0468. The molecule has 0 atom stereocenters. The van der Waals surface area contributed by atoms with Gasteiger partial charge < -0.3 is 22.1 Å². The Morgan fingerprint density at radius 3 is 2.73 bits per heavy atom. The van der Waals surface area contributed by atoms with E-state index in [2.05, 4.69) is 20.8 Å². The fourth-order valence-corrected chi connectivity index (χ4v) is 2.38. The first kappa shape index (κ1) is 18.0. The third kappa shape index (κ3) is 7.07. The number of aryl methyl sites for hydroxylation is 1. The molecular weight excluding hydrogens is 300 g/mol. The number of nitrogens with zero attached hydrogens (tertiary/aromatic N) is 2. The maximum atomic E-state index is 11.2. The van der Waals surface area contributed by atoms with Gasteiger partial charge in [-0.25, -0.2) is 0 Å². The summed E-state index contributed by atoms with van der Waals surface area (Å²) >= 11 is 1.42. The zero-order valence-corrected chi connectivity index (χ0v) is 13.9. The highest BCUT2D eigenvalue weighted by Gasteiger charge is 2.06. The molecule has 1 aromatic heterocycles. The van der Waals surface area contributed by atoms with E-state index in [9.17, 15) is 4.79 Å². The van der Waals surface area contributed by atoms with Gasteiger partial charge in [0.05, 0.1) is 5.82 Å². The molecule has 22 heavy (non-hydrogen) atoms. The summed E-state index contributed by atoms with van der Waals surface area (Å²) in [5.41, 5.74) is 12.3. The van der Waals surface area contributed by atoms with E-state index < -0.39 is 0 Å². The summed E-state index contributed by atoms with van der Waals surface area (Å²) < 4.78 is 0. The molecule has 6 N–H and O–H groups in total. The maximum absolute atomic E-state index is 11.2. The summed E-state index contributed by atoms with van der Waals surface area (Å²) in [6.45, 7) is 1.80. The molecule has 0 aromatic carbocycles. The molecule has 1 amide bonds. The summed E-state index contributed by atoms with van der Waals surface area (Å²) in [4.78, 5) is 11.2. The fourth-order valence-electron chi connectivity index (χ4n) is 1.58. The molecule has 0 unspecified atom stereocenters. The average Bonchev–Trinajstić information content (AvgIpc) is 2.96. The van der Waals surface area contributed by atoms with Crippen molar-refractivity contribution in [1.29, 1.82) is 0 Å². The van der Waals surface area contributed by atoms with Gasteiger partial charge in [-0.1, -0.05) is 18.3 Å². The molecule has 0 aliphatic carbocycles. The Labute approximate surface area is 134 Å². The van der Waals surface area contributed by atoms with Crippen molar-refractivity contribution in [3.8, 4) is 0 Å². The number of carbonyl (C=O) groups excluding carboxylic acids is 1. The van der Waals surface area contributed by atoms with Gasteiger partial charge in [0.25, 0.3) is 0 Å². The number of allylic oxidation sites excluding steroid dienone is 3. The quantitative estimate of drug-likeness (QED) is 0.403. The zero-order valence-electron chi connectivity index (χ0n) is 13.1. The van der Waals surface area contributed by atoms with Crippen LogP contribution < -0.4 is 22.1 Å². The summed E-state index contributed by atoms with van der Waals surface area (Å²) in [6.07, 6.45) is 7.58. The highest BCUT2D eigenvalue weighted by Crippen LogP contribution is 2.18. The van der Waals surface area contributed by atoms with Gasteiger partial charge in [0.15, 0.2) is 0 Å². The molecule has 0 fully saturated rings. The molecule has 0 spiro atoms. The van der Waals surface area contributed by atoms with Crippen molar-refractivity contribution >= 4 is 22.4 Å². The Hall–Kier alpha value is -2.09. The van der Waals surface area contributed by atoms with E-state index in [-0.39, 0.29) is 5.91 Å². The van der Waals surface area contributed by atoms with E-state index in [0.29, 0.717) is 17.4 Å². The number of nitrogens with two attached hydrogens (primary N) is 2. The second kappa shape index (κ2) is 9.78.